The van der Waals surface area contributed by atoms with E-state index in [2.05, 4.69) is 66.7 Å². The number of hydrogen-bond donors (Lipinski definition) is 0. The summed E-state index contributed by atoms with van der Waals surface area (Å²) in [5.74, 6) is 0. The van der Waals surface area contributed by atoms with Crippen LogP contribution in [0.5, 0.6) is 0 Å². The van der Waals surface area contributed by atoms with Crippen molar-refractivity contribution in [1.29, 1.82) is 0 Å². The monoisotopic (exact) mass is 885 g/mol. The number of hydrogen-bond acceptors (Lipinski definition) is 1. The van der Waals surface area contributed by atoms with Crippen LogP contribution in [0, 0.1) is 0 Å². The molecule has 1 nitrogen and oxygen atoms in total. The van der Waals surface area contributed by atoms with Crippen LogP contribution in [0.15, 0.2) is 285 Å². The Morgan fingerprint density at radius 1 is 0.232 bits per heavy atom. The minimum atomic E-state index is -0.415. The summed E-state index contributed by atoms with van der Waals surface area (Å²) in [5, 5.41) is 4.33. The molecule has 0 saturated carbocycles. The molecule has 0 atom stereocenters. The van der Waals surface area contributed by atoms with Crippen LogP contribution in [0.1, 0.15) is 11.0 Å². The van der Waals surface area contributed by atoms with Gasteiger partial charge >= 0.3 is 0 Å². The van der Waals surface area contributed by atoms with Crippen molar-refractivity contribution in [3.63, 3.8) is 0 Å². The molecule has 0 spiro atoms. The lowest BCUT2D eigenvalue weighted by atomic mass is 9.90. The van der Waals surface area contributed by atoms with Crippen molar-refractivity contribution in [1.82, 2.24) is 0 Å². The standard InChI is InChI=1S/C68H47N/c1-4-15-48(16-5-1)58-45-59(49-17-6-2-7-18-49)47-60(46-58)52-33-40-62(41-34-52)69(61-38-31-51(32-39-61)50-27-29-55(30-28-50)65-26-14-23-53-19-10-12-24-64(53)65)63-42-35-56(36-43-63)67-44-37-54-20-11-13-25-66(54)68(67)57-21-8-3-9-22-57/h1-47H/i31D,32D,33D,34D,38D,39D,40D,41D. The molecule has 324 valence electrons. The van der Waals surface area contributed by atoms with Gasteiger partial charge in [-0.05, 0) is 154 Å². The molecule has 69 heavy (non-hydrogen) atoms. The van der Waals surface area contributed by atoms with E-state index in [-0.39, 0.29) is 46.7 Å². The molecular weight excluding hydrogens is 831 g/mol. The zero-order valence-electron chi connectivity index (χ0n) is 45.5. The van der Waals surface area contributed by atoms with E-state index < -0.39 is 24.2 Å². The van der Waals surface area contributed by atoms with Gasteiger partial charge in [0, 0.05) is 17.1 Å². The van der Waals surface area contributed by atoms with Gasteiger partial charge in [0.05, 0.1) is 11.0 Å². The highest BCUT2D eigenvalue weighted by Gasteiger charge is 2.17. The predicted octanol–water partition coefficient (Wildman–Crippen LogP) is 19.1. The van der Waals surface area contributed by atoms with Crippen LogP contribution >= 0.6 is 0 Å². The molecule has 0 saturated heterocycles. The number of rotatable bonds is 10. The van der Waals surface area contributed by atoms with Crippen molar-refractivity contribution in [2.75, 3.05) is 4.90 Å². The van der Waals surface area contributed by atoms with E-state index in [0.717, 1.165) is 77.2 Å². The van der Waals surface area contributed by atoms with Crippen molar-refractivity contribution in [2.24, 2.45) is 0 Å². The Balaban J connectivity index is 1.04. The highest BCUT2D eigenvalue weighted by Crippen LogP contribution is 2.42. The summed E-state index contributed by atoms with van der Waals surface area (Å²) in [5.41, 5.74) is 10.3. The van der Waals surface area contributed by atoms with Gasteiger partial charge in [0.1, 0.15) is 0 Å². The molecule has 0 aliphatic carbocycles. The van der Waals surface area contributed by atoms with Crippen molar-refractivity contribution < 1.29 is 11.0 Å². The van der Waals surface area contributed by atoms with Gasteiger partial charge in [-0.1, -0.05) is 230 Å². The lowest BCUT2D eigenvalue weighted by Gasteiger charge is -2.26. The molecule has 0 amide bonds. The first-order chi connectivity index (χ1) is 37.5. The summed E-state index contributed by atoms with van der Waals surface area (Å²) in [6.07, 6.45) is 0. The van der Waals surface area contributed by atoms with E-state index in [1.165, 1.54) is 4.90 Å². The minimum absolute atomic E-state index is 0.0839. The summed E-state index contributed by atoms with van der Waals surface area (Å²) in [6, 6.07) is 74.2. The first-order valence-electron chi connectivity index (χ1n) is 27.1. The largest absolute Gasteiger partial charge is 0.311 e. The molecule has 0 heterocycles. The number of anilines is 3. The molecule has 12 rings (SSSR count). The van der Waals surface area contributed by atoms with E-state index in [0.29, 0.717) is 16.8 Å². The molecule has 12 aromatic carbocycles. The van der Waals surface area contributed by atoms with Crippen LogP contribution in [0.3, 0.4) is 0 Å². The third-order valence-corrected chi connectivity index (χ3v) is 12.8. The van der Waals surface area contributed by atoms with Crippen LogP contribution in [-0.4, -0.2) is 0 Å². The van der Waals surface area contributed by atoms with Crippen LogP contribution in [0.4, 0.5) is 17.1 Å². The molecule has 0 aromatic heterocycles. The quantitative estimate of drug-likeness (QED) is 0.132. The fourth-order valence-electron chi connectivity index (χ4n) is 9.37. The van der Waals surface area contributed by atoms with Gasteiger partial charge < -0.3 is 4.90 Å². The van der Waals surface area contributed by atoms with Crippen LogP contribution < -0.4 is 4.90 Å². The first-order valence-corrected chi connectivity index (χ1v) is 23.1. The average Bonchev–Trinajstić information content (AvgIpc) is 3.52. The smallest absolute Gasteiger partial charge is 0.0645 e. The summed E-state index contributed by atoms with van der Waals surface area (Å²) in [4.78, 5) is 1.37. The fraction of sp³-hybridized carbons (Fsp3) is 0. The van der Waals surface area contributed by atoms with E-state index >= 15 is 0 Å². The maximum atomic E-state index is 9.88. The fourth-order valence-corrected chi connectivity index (χ4v) is 9.37. The predicted molar refractivity (Wildman–Crippen MR) is 294 cm³/mol. The molecule has 0 aliphatic rings. The van der Waals surface area contributed by atoms with E-state index in [1.807, 2.05) is 158 Å². The summed E-state index contributed by atoms with van der Waals surface area (Å²) < 4.78 is 78.1. The Labute approximate surface area is 415 Å². The highest BCUT2D eigenvalue weighted by molar-refractivity contribution is 6.04. The van der Waals surface area contributed by atoms with Crippen molar-refractivity contribution in [2.45, 2.75) is 0 Å². The molecule has 0 aliphatic heterocycles. The Kier molecular flexibility index (Phi) is 8.88. The maximum absolute atomic E-state index is 9.88. The maximum Gasteiger partial charge on any atom is 0.0645 e. The molecule has 0 N–H and O–H groups in total. The van der Waals surface area contributed by atoms with Gasteiger partial charge in [-0.3, -0.25) is 0 Å². The molecule has 0 unspecified atom stereocenters. The van der Waals surface area contributed by atoms with E-state index in [1.54, 1.807) is 12.1 Å². The highest BCUT2D eigenvalue weighted by atomic mass is 15.1. The molecule has 1 heteroatoms. The SMILES string of the molecule is [2H]c1c([2H])c(N(c2ccc(-c3ccc4ccccc4c3-c3ccccc3)cc2)c2c([2H])c([2H])c(-c3cc(-c4ccccc4)cc(-c4ccccc4)c3)c([2H])c2[2H])c([2H])c([2H])c1-c1ccc(-c2cccc3ccccc23)cc1. The van der Waals surface area contributed by atoms with Gasteiger partial charge in [0.25, 0.3) is 0 Å². The second-order valence-electron chi connectivity index (χ2n) is 17.0. The number of nitrogens with zero attached hydrogens (tertiary/aromatic N) is 1. The lowest BCUT2D eigenvalue weighted by molar-refractivity contribution is 1.28. The Morgan fingerprint density at radius 3 is 1.22 bits per heavy atom. The zero-order chi connectivity index (χ0) is 52.9. The van der Waals surface area contributed by atoms with Gasteiger partial charge in [0.15, 0.2) is 0 Å². The molecule has 0 bridgehead atoms. The third kappa shape index (κ3) is 8.28. The number of benzene rings is 12. The van der Waals surface area contributed by atoms with Crippen LogP contribution in [0.25, 0.3) is 99.4 Å². The van der Waals surface area contributed by atoms with Gasteiger partial charge in [-0.25, -0.2) is 0 Å². The zero-order valence-corrected chi connectivity index (χ0v) is 37.5. The van der Waals surface area contributed by atoms with Gasteiger partial charge in [-0.15, -0.1) is 0 Å². The molecule has 12 aromatic rings. The lowest BCUT2D eigenvalue weighted by Crippen LogP contribution is -2.09. The topological polar surface area (TPSA) is 3.24 Å². The summed E-state index contributed by atoms with van der Waals surface area (Å²) in [6.45, 7) is 0. The molecular formula is C68H47N. The summed E-state index contributed by atoms with van der Waals surface area (Å²) in [7, 11) is 0. The van der Waals surface area contributed by atoms with Gasteiger partial charge in [0.2, 0.25) is 0 Å². The van der Waals surface area contributed by atoms with E-state index in [4.69, 9.17) is 0 Å². The molecule has 0 fully saturated rings. The van der Waals surface area contributed by atoms with Crippen molar-refractivity contribution >= 4 is 38.6 Å². The average molecular weight is 886 g/mol. The first kappa shape index (κ1) is 33.4. The van der Waals surface area contributed by atoms with E-state index in [9.17, 15) is 11.0 Å². The number of fused-ring (bicyclic) bond motifs is 2. The molecule has 0 radical (unpaired) electrons. The minimum Gasteiger partial charge on any atom is -0.311 e. The third-order valence-electron chi connectivity index (χ3n) is 12.8. The normalized spacial score (nSPS) is 12.8. The second kappa shape index (κ2) is 18.3. The van der Waals surface area contributed by atoms with Crippen molar-refractivity contribution in [3.05, 3.63) is 285 Å². The second-order valence-corrected chi connectivity index (χ2v) is 17.0. The Hall–Kier alpha value is -9.04. The van der Waals surface area contributed by atoms with Crippen LogP contribution in [-0.2, 0) is 0 Å². The van der Waals surface area contributed by atoms with Crippen LogP contribution in [0.2, 0.25) is 0 Å². The van der Waals surface area contributed by atoms with Crippen molar-refractivity contribution in [3.8, 4) is 77.9 Å². The Bertz CT molecular complexity index is 4100. The Morgan fingerprint density at radius 2 is 0.638 bits per heavy atom. The summed E-state index contributed by atoms with van der Waals surface area (Å²) >= 11 is 0. The van der Waals surface area contributed by atoms with Gasteiger partial charge in [-0.2, -0.15) is 0 Å².